The van der Waals surface area contributed by atoms with Crippen LogP contribution < -0.4 is 13.1 Å². The second-order valence-electron chi connectivity index (χ2n) is 8.17. The molecular formula is C26H16F6O7S2. The molecule has 0 saturated heterocycles. The number of hydrogen-bond acceptors (Lipinski definition) is 7. The molecule has 216 valence electrons. The van der Waals surface area contributed by atoms with Crippen molar-refractivity contribution < 1.29 is 56.3 Å². The Labute approximate surface area is 229 Å². The molecule has 0 aliphatic carbocycles. The van der Waals surface area contributed by atoms with E-state index in [4.69, 9.17) is 4.74 Å². The number of ether oxygens (including phenoxy) is 1. The summed E-state index contributed by atoms with van der Waals surface area (Å²) in [6, 6.07) is 22.7. The Hall–Kier alpha value is -4.24. The molecule has 4 rings (SSSR count). The van der Waals surface area contributed by atoms with Crippen molar-refractivity contribution in [3.8, 4) is 45.3 Å². The van der Waals surface area contributed by atoms with Gasteiger partial charge in [0.05, 0.1) is 0 Å². The maximum atomic E-state index is 12.6. The van der Waals surface area contributed by atoms with E-state index < -0.39 is 42.8 Å². The Morgan fingerprint density at radius 3 is 1.10 bits per heavy atom. The lowest BCUT2D eigenvalue weighted by Crippen LogP contribution is -2.28. The summed E-state index contributed by atoms with van der Waals surface area (Å²) in [5.74, 6) is -0.277. The molecule has 0 saturated carbocycles. The summed E-state index contributed by atoms with van der Waals surface area (Å²) < 4.78 is 135. The molecule has 0 atom stereocenters. The van der Waals surface area contributed by atoms with E-state index in [1.165, 1.54) is 12.1 Å². The van der Waals surface area contributed by atoms with Crippen LogP contribution in [0.25, 0.3) is 22.3 Å². The zero-order valence-electron chi connectivity index (χ0n) is 20.2. The molecule has 0 amide bonds. The fourth-order valence-electron chi connectivity index (χ4n) is 3.37. The van der Waals surface area contributed by atoms with Crippen LogP contribution in [0.15, 0.2) is 97.1 Å². The van der Waals surface area contributed by atoms with Crippen molar-refractivity contribution in [1.82, 2.24) is 0 Å². The number of rotatable bonds is 8. The van der Waals surface area contributed by atoms with Crippen LogP contribution in [0.2, 0.25) is 0 Å². The highest BCUT2D eigenvalue weighted by atomic mass is 32.2. The molecule has 0 unspecified atom stereocenters. The van der Waals surface area contributed by atoms with E-state index in [0.717, 1.165) is 24.3 Å². The van der Waals surface area contributed by atoms with E-state index in [0.29, 0.717) is 33.8 Å². The number of hydrogen-bond donors (Lipinski definition) is 0. The van der Waals surface area contributed by atoms with Gasteiger partial charge >= 0.3 is 31.3 Å². The number of halogens is 6. The van der Waals surface area contributed by atoms with Gasteiger partial charge in [0.2, 0.25) is 0 Å². The van der Waals surface area contributed by atoms with Gasteiger partial charge in [-0.1, -0.05) is 48.5 Å². The topological polar surface area (TPSA) is 96.0 Å². The van der Waals surface area contributed by atoms with Gasteiger partial charge < -0.3 is 13.1 Å². The van der Waals surface area contributed by atoms with Gasteiger partial charge in [0.25, 0.3) is 0 Å². The maximum absolute atomic E-state index is 12.6. The van der Waals surface area contributed by atoms with Gasteiger partial charge in [-0.05, 0) is 70.8 Å². The van der Waals surface area contributed by atoms with Crippen LogP contribution in [0.5, 0.6) is 23.0 Å². The Morgan fingerprint density at radius 2 is 0.780 bits per heavy atom. The minimum absolute atomic E-state index is 0.376. The minimum Gasteiger partial charge on any atom is -0.457 e. The van der Waals surface area contributed by atoms with E-state index in [1.54, 1.807) is 60.7 Å². The fourth-order valence-corrected chi connectivity index (χ4v) is 4.27. The van der Waals surface area contributed by atoms with Crippen molar-refractivity contribution in [2.45, 2.75) is 11.0 Å². The van der Waals surface area contributed by atoms with Crippen LogP contribution in [-0.4, -0.2) is 27.9 Å². The highest BCUT2D eigenvalue weighted by Gasteiger charge is 2.49. The summed E-state index contributed by atoms with van der Waals surface area (Å²) in [5, 5.41) is 0. The molecule has 0 N–H and O–H groups in total. The quantitative estimate of drug-likeness (QED) is 0.116. The maximum Gasteiger partial charge on any atom is 0.534 e. The normalized spacial score (nSPS) is 12.5. The molecule has 0 heterocycles. The largest absolute Gasteiger partial charge is 0.534 e. The van der Waals surface area contributed by atoms with Crippen LogP contribution in [0.3, 0.4) is 0 Å². The van der Waals surface area contributed by atoms with E-state index in [9.17, 15) is 43.2 Å². The minimum atomic E-state index is -5.82. The van der Waals surface area contributed by atoms with E-state index >= 15 is 0 Å². The summed E-state index contributed by atoms with van der Waals surface area (Å²) in [5.41, 5.74) is -9.33. The third-order valence-corrected chi connectivity index (χ3v) is 7.22. The van der Waals surface area contributed by atoms with Crippen molar-refractivity contribution in [2.75, 3.05) is 0 Å². The van der Waals surface area contributed by atoms with Crippen LogP contribution in [0, 0.1) is 0 Å². The second kappa shape index (κ2) is 11.0. The van der Waals surface area contributed by atoms with Gasteiger partial charge in [-0.3, -0.25) is 0 Å². The van der Waals surface area contributed by atoms with Crippen LogP contribution in [0.1, 0.15) is 0 Å². The highest BCUT2D eigenvalue weighted by Crippen LogP contribution is 2.33. The summed E-state index contributed by atoms with van der Waals surface area (Å²) in [7, 11) is -11.6. The van der Waals surface area contributed by atoms with Crippen LogP contribution in [0.4, 0.5) is 26.3 Å². The first-order valence-electron chi connectivity index (χ1n) is 11.1. The van der Waals surface area contributed by atoms with Gasteiger partial charge in [-0.15, -0.1) is 0 Å². The fraction of sp³-hybridized carbons (Fsp3) is 0.0769. The molecule has 0 spiro atoms. The van der Waals surface area contributed by atoms with Gasteiger partial charge in [-0.25, -0.2) is 0 Å². The molecule has 41 heavy (non-hydrogen) atoms. The Balaban J connectivity index is 1.45. The smallest absolute Gasteiger partial charge is 0.457 e. The first-order chi connectivity index (χ1) is 19.0. The summed E-state index contributed by atoms with van der Waals surface area (Å²) in [4.78, 5) is 0. The molecule has 0 fully saturated rings. The standard InChI is InChI=1S/C26H16F6O7S2/c27-25(28,29)40(33,34)38-23-5-1-3-19(15-23)17-7-11-21(12-8-17)37-22-13-9-18(10-14-22)20-4-2-6-24(16-20)39-41(35,36)26(30,31)32/h1-16H. The summed E-state index contributed by atoms with van der Waals surface area (Å²) in [6.07, 6.45) is 0. The zero-order chi connectivity index (χ0) is 30.1. The number of alkyl halides is 6. The first-order valence-corrected chi connectivity index (χ1v) is 14.0. The molecule has 4 aromatic carbocycles. The molecular weight excluding hydrogens is 602 g/mol. The molecule has 0 radical (unpaired) electrons. The molecule has 0 aliphatic rings. The summed E-state index contributed by atoms with van der Waals surface area (Å²) >= 11 is 0. The lowest BCUT2D eigenvalue weighted by Gasteiger charge is -2.11. The van der Waals surface area contributed by atoms with Crippen molar-refractivity contribution >= 4 is 20.2 Å². The van der Waals surface area contributed by atoms with Gasteiger partial charge in [0.1, 0.15) is 23.0 Å². The first kappa shape index (κ1) is 29.7. The monoisotopic (exact) mass is 618 g/mol. The average Bonchev–Trinajstić information content (AvgIpc) is 2.88. The second-order valence-corrected chi connectivity index (χ2v) is 11.2. The Bertz CT molecular complexity index is 1620. The third kappa shape index (κ3) is 7.10. The van der Waals surface area contributed by atoms with Crippen molar-refractivity contribution in [1.29, 1.82) is 0 Å². The Morgan fingerprint density at radius 1 is 0.439 bits per heavy atom. The van der Waals surface area contributed by atoms with E-state index in [-0.39, 0.29) is 0 Å². The third-order valence-electron chi connectivity index (χ3n) is 5.26. The van der Waals surface area contributed by atoms with Crippen molar-refractivity contribution in [3.05, 3.63) is 97.1 Å². The molecule has 0 bridgehead atoms. The van der Waals surface area contributed by atoms with Crippen LogP contribution in [-0.2, 0) is 20.2 Å². The predicted molar refractivity (Wildman–Crippen MR) is 135 cm³/mol. The highest BCUT2D eigenvalue weighted by molar-refractivity contribution is 7.88. The SMILES string of the molecule is O=S(=O)(Oc1cccc(-c2ccc(Oc3ccc(-c4cccc(OS(=O)(=O)C(F)(F)F)c4)cc3)cc2)c1)C(F)(F)F. The van der Waals surface area contributed by atoms with Crippen molar-refractivity contribution in [3.63, 3.8) is 0 Å². The van der Waals surface area contributed by atoms with E-state index in [2.05, 4.69) is 8.37 Å². The van der Waals surface area contributed by atoms with Gasteiger partial charge in [-0.2, -0.15) is 43.2 Å². The molecule has 0 aromatic heterocycles. The molecule has 0 aliphatic heterocycles. The molecule has 7 nitrogen and oxygen atoms in total. The Kier molecular flexibility index (Phi) is 7.96. The van der Waals surface area contributed by atoms with E-state index in [1.807, 2.05) is 0 Å². The summed E-state index contributed by atoms with van der Waals surface area (Å²) in [6.45, 7) is 0. The molecule has 4 aromatic rings. The predicted octanol–water partition coefficient (Wildman–Crippen LogP) is 7.27. The number of benzene rings is 4. The van der Waals surface area contributed by atoms with Gasteiger partial charge in [0, 0.05) is 0 Å². The zero-order valence-corrected chi connectivity index (χ0v) is 21.8. The lowest BCUT2D eigenvalue weighted by atomic mass is 10.1. The average molecular weight is 619 g/mol. The van der Waals surface area contributed by atoms with Gasteiger partial charge in [0.15, 0.2) is 0 Å². The van der Waals surface area contributed by atoms with Crippen LogP contribution >= 0.6 is 0 Å². The lowest BCUT2D eigenvalue weighted by molar-refractivity contribution is -0.0504. The molecule has 15 heteroatoms. The van der Waals surface area contributed by atoms with Crippen molar-refractivity contribution in [2.24, 2.45) is 0 Å².